The van der Waals surface area contributed by atoms with Crippen molar-refractivity contribution in [2.24, 2.45) is 0 Å². The van der Waals surface area contributed by atoms with Gasteiger partial charge in [0.15, 0.2) is 11.5 Å². The lowest BCUT2D eigenvalue weighted by molar-refractivity contribution is -0.137. The number of alkyl halides is 3. The Morgan fingerprint density at radius 3 is 2.48 bits per heavy atom. The van der Waals surface area contributed by atoms with E-state index in [1.807, 2.05) is 18.2 Å². The molecule has 25 heavy (non-hydrogen) atoms. The molecule has 1 aliphatic heterocycles. The van der Waals surface area contributed by atoms with Crippen LogP contribution in [0.5, 0.6) is 11.5 Å². The van der Waals surface area contributed by atoms with Crippen molar-refractivity contribution in [2.75, 3.05) is 20.8 Å². The van der Waals surface area contributed by atoms with Gasteiger partial charge in [-0.05, 0) is 60.3 Å². The molecule has 2 aromatic rings. The molecule has 3 nitrogen and oxygen atoms in total. The number of nitrogens with one attached hydrogen (secondary N) is 1. The van der Waals surface area contributed by atoms with Crippen LogP contribution in [0.1, 0.15) is 28.3 Å². The molecule has 1 heterocycles. The molecule has 1 atom stereocenters. The van der Waals surface area contributed by atoms with Crippen molar-refractivity contribution in [1.29, 1.82) is 0 Å². The molecule has 0 aliphatic carbocycles. The first-order chi connectivity index (χ1) is 11.9. The van der Waals surface area contributed by atoms with Gasteiger partial charge >= 0.3 is 6.18 Å². The molecule has 0 aromatic heterocycles. The molecule has 1 aliphatic rings. The standard InChI is InChI=1S/C19H20F3NO2/c1-24-17-6-3-12(10-18(17)25-2)9-16-15-5-4-14(19(20,21)22)11-13(15)7-8-23-16/h3-6,10-11,16,23H,7-9H2,1-2H3/t16-/m0/s1. The first kappa shape index (κ1) is 17.6. The highest BCUT2D eigenvalue weighted by Crippen LogP contribution is 2.35. The quantitative estimate of drug-likeness (QED) is 0.898. The zero-order valence-corrected chi connectivity index (χ0v) is 14.1. The lowest BCUT2D eigenvalue weighted by Crippen LogP contribution is -2.31. The van der Waals surface area contributed by atoms with Crippen molar-refractivity contribution in [2.45, 2.75) is 25.1 Å². The fourth-order valence-corrected chi connectivity index (χ4v) is 3.25. The van der Waals surface area contributed by atoms with Crippen LogP contribution in [0, 0.1) is 0 Å². The summed E-state index contributed by atoms with van der Waals surface area (Å²) in [6, 6.07) is 9.69. The summed E-state index contributed by atoms with van der Waals surface area (Å²) in [5.41, 5.74) is 2.13. The second-order valence-corrected chi connectivity index (χ2v) is 6.06. The smallest absolute Gasteiger partial charge is 0.416 e. The molecule has 6 heteroatoms. The van der Waals surface area contributed by atoms with Gasteiger partial charge in [0.05, 0.1) is 19.8 Å². The lowest BCUT2D eigenvalue weighted by Gasteiger charge is -2.28. The highest BCUT2D eigenvalue weighted by Gasteiger charge is 2.32. The van der Waals surface area contributed by atoms with Crippen molar-refractivity contribution in [1.82, 2.24) is 5.32 Å². The Morgan fingerprint density at radius 2 is 1.80 bits per heavy atom. The normalized spacial score (nSPS) is 17.1. The molecular formula is C19H20F3NO2. The molecular weight excluding hydrogens is 331 g/mol. The SMILES string of the molecule is COc1ccc(C[C@@H]2NCCc3cc(C(F)(F)F)ccc32)cc1OC. The fourth-order valence-electron chi connectivity index (χ4n) is 3.25. The van der Waals surface area contributed by atoms with Crippen LogP contribution in [0.4, 0.5) is 13.2 Å². The predicted octanol–water partition coefficient (Wildman–Crippen LogP) is 4.15. The summed E-state index contributed by atoms with van der Waals surface area (Å²) < 4.78 is 49.3. The molecule has 134 valence electrons. The van der Waals surface area contributed by atoms with Crippen LogP contribution in [0.15, 0.2) is 36.4 Å². The minimum absolute atomic E-state index is 0.0239. The van der Waals surface area contributed by atoms with Crippen LogP contribution in [-0.4, -0.2) is 20.8 Å². The van der Waals surface area contributed by atoms with Crippen LogP contribution < -0.4 is 14.8 Å². The summed E-state index contributed by atoms with van der Waals surface area (Å²) in [5.74, 6) is 1.29. The lowest BCUT2D eigenvalue weighted by atomic mass is 9.89. The van der Waals surface area contributed by atoms with E-state index in [9.17, 15) is 13.2 Å². The van der Waals surface area contributed by atoms with Gasteiger partial charge in [-0.25, -0.2) is 0 Å². The highest BCUT2D eigenvalue weighted by atomic mass is 19.4. The Balaban J connectivity index is 1.86. The van der Waals surface area contributed by atoms with Crippen molar-refractivity contribution < 1.29 is 22.6 Å². The van der Waals surface area contributed by atoms with Gasteiger partial charge in [-0.2, -0.15) is 13.2 Å². The molecule has 0 saturated heterocycles. The van der Waals surface area contributed by atoms with Crippen LogP contribution in [0.25, 0.3) is 0 Å². The minimum Gasteiger partial charge on any atom is -0.493 e. The third-order valence-electron chi connectivity index (χ3n) is 4.52. The van der Waals surface area contributed by atoms with Crippen molar-refractivity contribution in [3.8, 4) is 11.5 Å². The molecule has 2 aromatic carbocycles. The Bertz CT molecular complexity index is 759. The van der Waals surface area contributed by atoms with Crippen LogP contribution in [-0.2, 0) is 19.0 Å². The summed E-state index contributed by atoms with van der Waals surface area (Å²) in [6.07, 6.45) is -3.04. The van der Waals surface area contributed by atoms with Gasteiger partial charge in [0.25, 0.3) is 0 Å². The van der Waals surface area contributed by atoms with E-state index in [0.29, 0.717) is 30.9 Å². The Hall–Kier alpha value is -2.21. The first-order valence-electron chi connectivity index (χ1n) is 8.06. The Labute approximate surface area is 144 Å². The van der Waals surface area contributed by atoms with E-state index in [1.54, 1.807) is 20.3 Å². The number of halogens is 3. The molecule has 0 radical (unpaired) electrons. The van der Waals surface area contributed by atoms with E-state index >= 15 is 0 Å². The van der Waals surface area contributed by atoms with E-state index in [1.165, 1.54) is 6.07 Å². The second-order valence-electron chi connectivity index (χ2n) is 6.06. The predicted molar refractivity (Wildman–Crippen MR) is 89.1 cm³/mol. The van der Waals surface area contributed by atoms with Gasteiger partial charge in [-0.3, -0.25) is 0 Å². The van der Waals surface area contributed by atoms with E-state index in [4.69, 9.17) is 9.47 Å². The van der Waals surface area contributed by atoms with E-state index in [-0.39, 0.29) is 6.04 Å². The summed E-state index contributed by atoms with van der Waals surface area (Å²) in [7, 11) is 3.16. The summed E-state index contributed by atoms with van der Waals surface area (Å²) in [5, 5.41) is 3.39. The summed E-state index contributed by atoms with van der Waals surface area (Å²) >= 11 is 0. The summed E-state index contributed by atoms with van der Waals surface area (Å²) in [4.78, 5) is 0. The van der Waals surface area contributed by atoms with Crippen LogP contribution in [0.3, 0.4) is 0 Å². The molecule has 0 unspecified atom stereocenters. The zero-order chi connectivity index (χ0) is 18.0. The number of methoxy groups -OCH3 is 2. The number of benzene rings is 2. The molecule has 0 amide bonds. The van der Waals surface area contributed by atoms with Crippen LogP contribution >= 0.6 is 0 Å². The molecule has 0 saturated carbocycles. The average Bonchev–Trinajstić information content (AvgIpc) is 2.60. The Morgan fingerprint density at radius 1 is 1.04 bits per heavy atom. The Kier molecular flexibility index (Phi) is 4.90. The molecule has 3 rings (SSSR count). The topological polar surface area (TPSA) is 30.5 Å². The van der Waals surface area contributed by atoms with Gasteiger partial charge < -0.3 is 14.8 Å². The summed E-state index contributed by atoms with van der Waals surface area (Å²) in [6.45, 7) is 0.659. The monoisotopic (exact) mass is 351 g/mol. The molecule has 0 bridgehead atoms. The third-order valence-corrected chi connectivity index (χ3v) is 4.52. The average molecular weight is 351 g/mol. The minimum atomic E-state index is -4.31. The number of rotatable bonds is 4. The third kappa shape index (κ3) is 3.74. The molecule has 0 spiro atoms. The van der Waals surface area contributed by atoms with Crippen molar-refractivity contribution in [3.05, 3.63) is 58.7 Å². The van der Waals surface area contributed by atoms with Gasteiger partial charge in [0.1, 0.15) is 0 Å². The van der Waals surface area contributed by atoms with Crippen molar-refractivity contribution in [3.63, 3.8) is 0 Å². The second kappa shape index (κ2) is 6.96. The maximum Gasteiger partial charge on any atom is 0.416 e. The van der Waals surface area contributed by atoms with Gasteiger partial charge in [-0.1, -0.05) is 12.1 Å². The first-order valence-corrected chi connectivity index (χ1v) is 8.06. The fraction of sp³-hybridized carbons (Fsp3) is 0.368. The zero-order valence-electron chi connectivity index (χ0n) is 14.1. The van der Waals surface area contributed by atoms with Gasteiger partial charge in [0.2, 0.25) is 0 Å². The number of fused-ring (bicyclic) bond motifs is 1. The maximum atomic E-state index is 12.9. The van der Waals surface area contributed by atoms with Crippen molar-refractivity contribution >= 4 is 0 Å². The molecule has 1 N–H and O–H groups in total. The van der Waals surface area contributed by atoms with E-state index in [0.717, 1.165) is 22.8 Å². The maximum absolute atomic E-state index is 12.9. The highest BCUT2D eigenvalue weighted by molar-refractivity contribution is 5.44. The van der Waals surface area contributed by atoms with Gasteiger partial charge in [0, 0.05) is 6.04 Å². The number of ether oxygens (including phenoxy) is 2. The van der Waals surface area contributed by atoms with E-state index in [2.05, 4.69) is 5.32 Å². The van der Waals surface area contributed by atoms with E-state index < -0.39 is 11.7 Å². The van der Waals surface area contributed by atoms with Crippen LogP contribution in [0.2, 0.25) is 0 Å². The number of hydrogen-bond acceptors (Lipinski definition) is 3. The molecule has 0 fully saturated rings. The largest absolute Gasteiger partial charge is 0.493 e. The number of hydrogen-bond donors (Lipinski definition) is 1. The van der Waals surface area contributed by atoms with Gasteiger partial charge in [-0.15, -0.1) is 0 Å².